The lowest BCUT2D eigenvalue weighted by atomic mass is 9.91. The molecule has 0 aromatic rings. The van der Waals surface area contributed by atoms with Crippen LogP contribution in [0.5, 0.6) is 0 Å². The van der Waals surface area contributed by atoms with Crippen LogP contribution in [-0.2, 0) is 4.79 Å². The summed E-state index contributed by atoms with van der Waals surface area (Å²) in [5.41, 5.74) is -0.313. The number of likely N-dealkylation sites (tertiary alicyclic amines) is 2. The minimum Gasteiger partial charge on any atom is -0.337 e. The summed E-state index contributed by atoms with van der Waals surface area (Å²) >= 11 is 0. The molecule has 0 saturated carbocycles. The zero-order valence-corrected chi connectivity index (χ0v) is 10.2. The standard InChI is InChI=1S/C12H19N3O/c1-12(2,3)11(16)15-5-4-9-6-10(15)7-14(9)8-13/h9-10H,4-7H2,1-3H3. The minimum atomic E-state index is -0.313. The Morgan fingerprint density at radius 3 is 2.62 bits per heavy atom. The predicted molar refractivity (Wildman–Crippen MR) is 60.3 cm³/mol. The number of piperidine rings is 1. The Labute approximate surface area is 96.8 Å². The summed E-state index contributed by atoms with van der Waals surface area (Å²) in [5, 5.41) is 8.97. The zero-order chi connectivity index (χ0) is 11.9. The SMILES string of the molecule is CC(C)(C)C(=O)N1CCC2CC1CN2C#N. The van der Waals surface area contributed by atoms with Crippen LogP contribution in [0.25, 0.3) is 0 Å². The van der Waals surface area contributed by atoms with Crippen molar-refractivity contribution in [2.75, 3.05) is 13.1 Å². The van der Waals surface area contributed by atoms with Crippen LogP contribution >= 0.6 is 0 Å². The summed E-state index contributed by atoms with van der Waals surface area (Å²) in [6.07, 6.45) is 4.13. The summed E-state index contributed by atoms with van der Waals surface area (Å²) in [6.45, 7) is 7.40. The van der Waals surface area contributed by atoms with Crippen LogP contribution < -0.4 is 0 Å². The van der Waals surface area contributed by atoms with Crippen molar-refractivity contribution in [1.29, 1.82) is 5.26 Å². The Balaban J connectivity index is 2.11. The van der Waals surface area contributed by atoms with Crippen molar-refractivity contribution >= 4 is 5.91 Å². The monoisotopic (exact) mass is 221 g/mol. The number of amides is 1. The number of carbonyl (C=O) groups is 1. The molecule has 2 atom stereocenters. The largest absolute Gasteiger partial charge is 0.337 e. The number of hydrogen-bond donors (Lipinski definition) is 0. The fourth-order valence-electron chi connectivity index (χ4n) is 2.68. The van der Waals surface area contributed by atoms with Crippen LogP contribution in [0.3, 0.4) is 0 Å². The Morgan fingerprint density at radius 2 is 2.06 bits per heavy atom. The van der Waals surface area contributed by atoms with Gasteiger partial charge < -0.3 is 9.80 Å². The normalized spacial score (nSPS) is 29.1. The van der Waals surface area contributed by atoms with Crippen molar-refractivity contribution in [3.63, 3.8) is 0 Å². The van der Waals surface area contributed by atoms with Gasteiger partial charge in [-0.2, -0.15) is 5.26 Å². The third kappa shape index (κ3) is 1.75. The van der Waals surface area contributed by atoms with E-state index in [4.69, 9.17) is 5.26 Å². The van der Waals surface area contributed by atoms with Gasteiger partial charge in [-0.1, -0.05) is 20.8 Å². The molecule has 2 bridgehead atoms. The Hall–Kier alpha value is -1.24. The van der Waals surface area contributed by atoms with E-state index >= 15 is 0 Å². The molecule has 16 heavy (non-hydrogen) atoms. The topological polar surface area (TPSA) is 47.3 Å². The number of rotatable bonds is 0. The number of fused-ring (bicyclic) bond motifs is 2. The van der Waals surface area contributed by atoms with Gasteiger partial charge in [0.15, 0.2) is 6.19 Å². The van der Waals surface area contributed by atoms with Gasteiger partial charge in [0.25, 0.3) is 0 Å². The molecule has 2 aliphatic heterocycles. The summed E-state index contributed by atoms with van der Waals surface area (Å²) in [7, 11) is 0. The fraction of sp³-hybridized carbons (Fsp3) is 0.833. The molecule has 0 aliphatic carbocycles. The van der Waals surface area contributed by atoms with Crippen LogP contribution in [-0.4, -0.2) is 40.9 Å². The molecule has 1 amide bonds. The molecule has 2 heterocycles. The van der Waals surface area contributed by atoms with Crippen molar-refractivity contribution < 1.29 is 4.79 Å². The molecule has 2 aliphatic rings. The second-order valence-corrected chi connectivity index (χ2v) is 5.83. The van der Waals surface area contributed by atoms with E-state index in [1.54, 1.807) is 0 Å². The first-order valence-electron chi connectivity index (χ1n) is 5.91. The van der Waals surface area contributed by atoms with Crippen molar-refractivity contribution in [3.8, 4) is 6.19 Å². The van der Waals surface area contributed by atoms with E-state index in [2.05, 4.69) is 6.19 Å². The quantitative estimate of drug-likeness (QED) is 0.577. The highest BCUT2D eigenvalue weighted by Crippen LogP contribution is 2.32. The Kier molecular flexibility index (Phi) is 2.57. The lowest BCUT2D eigenvalue weighted by Gasteiger charge is -2.36. The van der Waals surface area contributed by atoms with Crippen molar-refractivity contribution in [1.82, 2.24) is 9.80 Å². The molecule has 0 aromatic carbocycles. The summed E-state index contributed by atoms with van der Waals surface area (Å²) in [4.78, 5) is 16.0. The van der Waals surface area contributed by atoms with E-state index in [0.29, 0.717) is 6.04 Å². The lowest BCUT2D eigenvalue weighted by Crippen LogP contribution is -2.48. The van der Waals surface area contributed by atoms with E-state index in [1.165, 1.54) is 0 Å². The highest BCUT2D eigenvalue weighted by molar-refractivity contribution is 5.82. The van der Waals surface area contributed by atoms with Gasteiger partial charge in [0.05, 0.1) is 6.04 Å². The van der Waals surface area contributed by atoms with Gasteiger partial charge >= 0.3 is 0 Å². The number of carbonyl (C=O) groups excluding carboxylic acids is 1. The smallest absolute Gasteiger partial charge is 0.228 e. The van der Waals surface area contributed by atoms with E-state index in [9.17, 15) is 4.79 Å². The molecule has 2 saturated heterocycles. The van der Waals surface area contributed by atoms with E-state index in [-0.39, 0.29) is 17.4 Å². The fourth-order valence-corrected chi connectivity index (χ4v) is 2.68. The number of nitriles is 1. The summed E-state index contributed by atoms with van der Waals surface area (Å²) in [6, 6.07) is 0.629. The molecule has 88 valence electrons. The maximum absolute atomic E-state index is 12.2. The van der Waals surface area contributed by atoms with Crippen LogP contribution in [0.15, 0.2) is 0 Å². The first kappa shape index (κ1) is 11.3. The average molecular weight is 221 g/mol. The van der Waals surface area contributed by atoms with Crippen molar-refractivity contribution in [2.24, 2.45) is 5.41 Å². The minimum absolute atomic E-state index is 0.218. The summed E-state index contributed by atoms with van der Waals surface area (Å²) in [5.74, 6) is 0.218. The molecule has 4 nitrogen and oxygen atoms in total. The second kappa shape index (κ2) is 3.65. The number of nitrogens with zero attached hydrogens (tertiary/aromatic N) is 3. The van der Waals surface area contributed by atoms with Crippen molar-refractivity contribution in [3.05, 3.63) is 0 Å². The average Bonchev–Trinajstić information content (AvgIpc) is 2.54. The number of hydrogen-bond acceptors (Lipinski definition) is 3. The molecule has 2 rings (SSSR count). The molecule has 2 fully saturated rings. The third-order valence-electron chi connectivity index (χ3n) is 3.57. The van der Waals surface area contributed by atoms with E-state index < -0.39 is 0 Å². The molecule has 0 radical (unpaired) electrons. The molecule has 2 unspecified atom stereocenters. The molecule has 4 heteroatoms. The Morgan fingerprint density at radius 1 is 1.38 bits per heavy atom. The van der Waals surface area contributed by atoms with Crippen LogP contribution in [0.1, 0.15) is 33.6 Å². The van der Waals surface area contributed by atoms with Gasteiger partial charge in [-0.05, 0) is 12.8 Å². The zero-order valence-electron chi connectivity index (χ0n) is 10.2. The van der Waals surface area contributed by atoms with E-state index in [1.807, 2.05) is 30.6 Å². The maximum Gasteiger partial charge on any atom is 0.228 e. The molecular weight excluding hydrogens is 202 g/mol. The highest BCUT2D eigenvalue weighted by atomic mass is 16.2. The third-order valence-corrected chi connectivity index (χ3v) is 3.57. The summed E-state index contributed by atoms with van der Waals surface area (Å²) < 4.78 is 0. The molecule has 0 aromatic heterocycles. The van der Waals surface area contributed by atoms with Gasteiger partial charge in [-0.15, -0.1) is 0 Å². The molecule has 0 N–H and O–H groups in total. The Bertz CT molecular complexity index is 339. The first-order chi connectivity index (χ1) is 7.43. The first-order valence-corrected chi connectivity index (χ1v) is 5.91. The van der Waals surface area contributed by atoms with Gasteiger partial charge in [0.1, 0.15) is 0 Å². The van der Waals surface area contributed by atoms with Gasteiger partial charge in [-0.3, -0.25) is 4.79 Å². The highest BCUT2D eigenvalue weighted by Gasteiger charge is 2.43. The van der Waals surface area contributed by atoms with E-state index in [0.717, 1.165) is 25.9 Å². The predicted octanol–water partition coefficient (Wildman–Crippen LogP) is 1.19. The van der Waals surface area contributed by atoms with Gasteiger partial charge in [0, 0.05) is 24.5 Å². The second-order valence-electron chi connectivity index (χ2n) is 5.83. The van der Waals surface area contributed by atoms with Crippen LogP contribution in [0.2, 0.25) is 0 Å². The lowest BCUT2D eigenvalue weighted by molar-refractivity contribution is -0.142. The molecular formula is C12H19N3O. The van der Waals surface area contributed by atoms with Gasteiger partial charge in [-0.25, -0.2) is 0 Å². The van der Waals surface area contributed by atoms with Crippen molar-refractivity contribution in [2.45, 2.75) is 45.7 Å². The van der Waals surface area contributed by atoms with Crippen LogP contribution in [0, 0.1) is 16.9 Å². The maximum atomic E-state index is 12.2. The van der Waals surface area contributed by atoms with Gasteiger partial charge in [0.2, 0.25) is 5.91 Å². The molecule has 0 spiro atoms. The van der Waals surface area contributed by atoms with Crippen LogP contribution in [0.4, 0.5) is 0 Å².